The van der Waals surface area contributed by atoms with Gasteiger partial charge in [0.25, 0.3) is 0 Å². The van der Waals surface area contributed by atoms with Crippen molar-refractivity contribution in [1.82, 2.24) is 5.32 Å². The van der Waals surface area contributed by atoms with Crippen molar-refractivity contribution in [2.45, 2.75) is 39.0 Å². The number of hydrogen-bond donors (Lipinski definition) is 2. The number of carbonyl (C=O) groups excluding carboxylic acids is 1. The van der Waals surface area contributed by atoms with Crippen LogP contribution in [0.4, 0.5) is 0 Å². The van der Waals surface area contributed by atoms with Gasteiger partial charge in [-0.15, -0.1) is 0 Å². The third kappa shape index (κ3) is 3.66. The average Bonchev–Trinajstić information content (AvgIpc) is 2.19. The SMILES string of the molecule is C[C@H]1CC[C@H](C(=O)NCCCO)CC1. The number of amides is 1. The highest BCUT2D eigenvalue weighted by Crippen LogP contribution is 2.28. The fourth-order valence-corrected chi connectivity index (χ4v) is 1.96. The lowest BCUT2D eigenvalue weighted by Crippen LogP contribution is -2.33. The Bertz CT molecular complexity index is 174. The van der Waals surface area contributed by atoms with Gasteiger partial charge in [0.15, 0.2) is 0 Å². The summed E-state index contributed by atoms with van der Waals surface area (Å²) in [5, 5.41) is 11.4. The Morgan fingerprint density at radius 1 is 1.36 bits per heavy atom. The maximum atomic E-state index is 11.6. The van der Waals surface area contributed by atoms with E-state index in [2.05, 4.69) is 12.2 Å². The van der Waals surface area contributed by atoms with E-state index in [1.807, 2.05) is 0 Å². The van der Waals surface area contributed by atoms with Crippen LogP contribution in [0.15, 0.2) is 0 Å². The zero-order valence-corrected chi connectivity index (χ0v) is 8.96. The highest BCUT2D eigenvalue weighted by molar-refractivity contribution is 5.78. The van der Waals surface area contributed by atoms with Gasteiger partial charge in [0.1, 0.15) is 0 Å². The summed E-state index contributed by atoms with van der Waals surface area (Å²) in [5.74, 6) is 1.20. The standard InChI is InChI=1S/C11H21NO2/c1-9-3-5-10(6-4-9)11(14)12-7-2-8-13/h9-10,13H,2-8H2,1H3,(H,12,14)/t9-,10-. The van der Waals surface area contributed by atoms with Gasteiger partial charge < -0.3 is 10.4 Å². The molecular formula is C11H21NO2. The minimum absolute atomic E-state index is 0.155. The summed E-state index contributed by atoms with van der Waals surface area (Å²) in [6.07, 6.45) is 5.09. The Kier molecular flexibility index (Phi) is 4.94. The van der Waals surface area contributed by atoms with Crippen molar-refractivity contribution in [3.8, 4) is 0 Å². The molecule has 0 saturated heterocycles. The predicted octanol–water partition coefficient (Wildman–Crippen LogP) is 1.31. The number of nitrogens with one attached hydrogen (secondary N) is 1. The maximum Gasteiger partial charge on any atom is 0.223 e. The van der Waals surface area contributed by atoms with E-state index in [4.69, 9.17) is 5.11 Å². The van der Waals surface area contributed by atoms with Gasteiger partial charge in [-0.25, -0.2) is 0 Å². The molecule has 0 aliphatic heterocycles. The van der Waals surface area contributed by atoms with E-state index >= 15 is 0 Å². The number of aliphatic hydroxyl groups is 1. The number of aliphatic hydroxyl groups excluding tert-OH is 1. The topological polar surface area (TPSA) is 49.3 Å². The molecule has 14 heavy (non-hydrogen) atoms. The average molecular weight is 199 g/mol. The van der Waals surface area contributed by atoms with Crippen LogP contribution in [0.3, 0.4) is 0 Å². The second-order valence-electron chi connectivity index (χ2n) is 4.32. The van der Waals surface area contributed by atoms with E-state index < -0.39 is 0 Å². The van der Waals surface area contributed by atoms with Crippen LogP contribution in [0.25, 0.3) is 0 Å². The Morgan fingerprint density at radius 2 is 2.00 bits per heavy atom. The third-order valence-corrected chi connectivity index (χ3v) is 3.02. The van der Waals surface area contributed by atoms with E-state index in [-0.39, 0.29) is 18.4 Å². The molecule has 2 N–H and O–H groups in total. The maximum absolute atomic E-state index is 11.6. The van der Waals surface area contributed by atoms with Gasteiger partial charge in [-0.1, -0.05) is 6.92 Å². The van der Waals surface area contributed by atoms with Gasteiger partial charge >= 0.3 is 0 Å². The molecule has 0 heterocycles. The number of hydrogen-bond acceptors (Lipinski definition) is 2. The summed E-state index contributed by atoms with van der Waals surface area (Å²) in [7, 11) is 0. The first-order valence-electron chi connectivity index (χ1n) is 5.62. The minimum Gasteiger partial charge on any atom is -0.396 e. The predicted molar refractivity (Wildman–Crippen MR) is 55.8 cm³/mol. The van der Waals surface area contributed by atoms with E-state index in [0.717, 1.165) is 18.8 Å². The molecule has 0 aromatic rings. The van der Waals surface area contributed by atoms with Crippen molar-refractivity contribution in [3.05, 3.63) is 0 Å². The first kappa shape index (κ1) is 11.5. The molecule has 0 bridgehead atoms. The molecule has 1 saturated carbocycles. The number of rotatable bonds is 4. The Labute approximate surface area is 85.9 Å². The molecule has 1 fully saturated rings. The van der Waals surface area contributed by atoms with Gasteiger partial charge in [0, 0.05) is 19.1 Å². The summed E-state index contributed by atoms with van der Waals surface area (Å²) in [6, 6.07) is 0. The molecule has 0 aromatic heterocycles. The summed E-state index contributed by atoms with van der Waals surface area (Å²) in [5.41, 5.74) is 0. The van der Waals surface area contributed by atoms with Gasteiger partial charge in [-0.05, 0) is 38.0 Å². The Balaban J connectivity index is 2.17. The monoisotopic (exact) mass is 199 g/mol. The molecular weight excluding hydrogens is 178 g/mol. The van der Waals surface area contributed by atoms with Crippen LogP contribution in [0.5, 0.6) is 0 Å². The quantitative estimate of drug-likeness (QED) is 0.671. The summed E-state index contributed by atoms with van der Waals surface area (Å²) < 4.78 is 0. The van der Waals surface area contributed by atoms with Crippen LogP contribution in [-0.2, 0) is 4.79 Å². The largest absolute Gasteiger partial charge is 0.396 e. The van der Waals surface area contributed by atoms with Crippen molar-refractivity contribution in [2.24, 2.45) is 11.8 Å². The van der Waals surface area contributed by atoms with E-state index in [0.29, 0.717) is 13.0 Å². The molecule has 1 rings (SSSR count). The fraction of sp³-hybridized carbons (Fsp3) is 0.909. The highest BCUT2D eigenvalue weighted by Gasteiger charge is 2.23. The Morgan fingerprint density at radius 3 is 2.57 bits per heavy atom. The molecule has 1 aliphatic carbocycles. The molecule has 0 spiro atoms. The van der Waals surface area contributed by atoms with Crippen molar-refractivity contribution >= 4 is 5.91 Å². The van der Waals surface area contributed by atoms with Gasteiger partial charge in [0.2, 0.25) is 5.91 Å². The van der Waals surface area contributed by atoms with Crippen LogP contribution in [0, 0.1) is 11.8 Å². The molecule has 0 radical (unpaired) electrons. The first-order chi connectivity index (χ1) is 6.74. The summed E-state index contributed by atoms with van der Waals surface area (Å²) in [6.45, 7) is 3.02. The molecule has 0 unspecified atom stereocenters. The molecule has 0 atom stereocenters. The minimum atomic E-state index is 0.155. The molecule has 0 aromatic carbocycles. The summed E-state index contributed by atoms with van der Waals surface area (Å²) >= 11 is 0. The van der Waals surface area contributed by atoms with Crippen LogP contribution in [0.1, 0.15) is 39.0 Å². The van der Waals surface area contributed by atoms with E-state index in [1.54, 1.807) is 0 Å². The molecule has 1 amide bonds. The van der Waals surface area contributed by atoms with E-state index in [1.165, 1.54) is 12.8 Å². The normalized spacial score (nSPS) is 27.3. The van der Waals surface area contributed by atoms with Gasteiger partial charge in [0.05, 0.1) is 0 Å². The smallest absolute Gasteiger partial charge is 0.223 e. The van der Waals surface area contributed by atoms with Gasteiger partial charge in [-0.2, -0.15) is 0 Å². The van der Waals surface area contributed by atoms with Crippen molar-refractivity contribution in [3.63, 3.8) is 0 Å². The summed E-state index contributed by atoms with van der Waals surface area (Å²) in [4.78, 5) is 11.6. The second-order valence-corrected chi connectivity index (χ2v) is 4.32. The second kappa shape index (κ2) is 6.02. The number of carbonyl (C=O) groups is 1. The van der Waals surface area contributed by atoms with Crippen molar-refractivity contribution < 1.29 is 9.90 Å². The molecule has 1 aliphatic rings. The van der Waals surface area contributed by atoms with Gasteiger partial charge in [-0.3, -0.25) is 4.79 Å². The molecule has 82 valence electrons. The lowest BCUT2D eigenvalue weighted by molar-refractivity contribution is -0.126. The van der Waals surface area contributed by atoms with E-state index in [9.17, 15) is 4.79 Å². The van der Waals surface area contributed by atoms with Crippen LogP contribution in [0.2, 0.25) is 0 Å². The zero-order valence-electron chi connectivity index (χ0n) is 8.96. The van der Waals surface area contributed by atoms with Crippen molar-refractivity contribution in [1.29, 1.82) is 0 Å². The third-order valence-electron chi connectivity index (χ3n) is 3.02. The fourth-order valence-electron chi connectivity index (χ4n) is 1.96. The molecule has 3 nitrogen and oxygen atoms in total. The molecule has 3 heteroatoms. The first-order valence-corrected chi connectivity index (χ1v) is 5.62. The zero-order chi connectivity index (χ0) is 10.4. The Hall–Kier alpha value is -0.570. The van der Waals surface area contributed by atoms with Crippen molar-refractivity contribution in [2.75, 3.05) is 13.2 Å². The lowest BCUT2D eigenvalue weighted by atomic mass is 9.82. The van der Waals surface area contributed by atoms with Crippen LogP contribution < -0.4 is 5.32 Å². The lowest BCUT2D eigenvalue weighted by Gasteiger charge is -2.25. The van der Waals surface area contributed by atoms with Crippen LogP contribution in [-0.4, -0.2) is 24.2 Å². The van der Waals surface area contributed by atoms with Crippen LogP contribution >= 0.6 is 0 Å². The highest BCUT2D eigenvalue weighted by atomic mass is 16.3.